The van der Waals surface area contributed by atoms with Crippen molar-refractivity contribution in [2.45, 2.75) is 52.1 Å². The van der Waals surface area contributed by atoms with E-state index in [4.69, 9.17) is 0 Å². The zero-order chi connectivity index (χ0) is 11.5. The van der Waals surface area contributed by atoms with E-state index in [0.717, 1.165) is 19.1 Å². The highest BCUT2D eigenvalue weighted by Gasteiger charge is 2.21. The quantitative estimate of drug-likeness (QED) is 0.799. The first-order chi connectivity index (χ1) is 7.66. The van der Waals surface area contributed by atoms with Crippen LogP contribution in [0.15, 0.2) is 12.4 Å². The summed E-state index contributed by atoms with van der Waals surface area (Å²) in [7, 11) is 0. The largest absolute Gasteiger partial charge is 0.334 e. The Balaban J connectivity index is 1.83. The van der Waals surface area contributed by atoms with Crippen LogP contribution in [0.25, 0.3) is 0 Å². The monoisotopic (exact) mass is 221 g/mol. The van der Waals surface area contributed by atoms with Gasteiger partial charge in [0.1, 0.15) is 5.82 Å². The Morgan fingerprint density at radius 1 is 1.44 bits per heavy atom. The molecule has 2 rings (SSSR count). The van der Waals surface area contributed by atoms with E-state index in [2.05, 4.69) is 41.8 Å². The summed E-state index contributed by atoms with van der Waals surface area (Å²) in [6.45, 7) is 8.91. The van der Waals surface area contributed by atoms with E-state index in [1.165, 1.54) is 18.7 Å². The van der Waals surface area contributed by atoms with Crippen LogP contribution < -0.4 is 5.32 Å². The third-order valence-corrected chi connectivity index (χ3v) is 3.10. The van der Waals surface area contributed by atoms with Crippen molar-refractivity contribution in [3.8, 4) is 0 Å². The van der Waals surface area contributed by atoms with E-state index in [1.54, 1.807) is 0 Å². The van der Waals surface area contributed by atoms with Gasteiger partial charge in [-0.25, -0.2) is 4.98 Å². The summed E-state index contributed by atoms with van der Waals surface area (Å²) in [5.74, 6) is 2.39. The number of hydrogen-bond donors (Lipinski definition) is 1. The van der Waals surface area contributed by atoms with Gasteiger partial charge in [-0.1, -0.05) is 20.8 Å². The smallest absolute Gasteiger partial charge is 0.111 e. The van der Waals surface area contributed by atoms with E-state index < -0.39 is 0 Å². The lowest BCUT2D eigenvalue weighted by atomic mass is 10.1. The standard InChI is InChI=1S/C13H23N3/c1-10(2)13-14-6-7-16(13)9-11(3)8-15-12-4-5-12/h6-7,10-12,15H,4-5,8-9H2,1-3H3. The Morgan fingerprint density at radius 2 is 2.19 bits per heavy atom. The zero-order valence-corrected chi connectivity index (χ0v) is 10.6. The molecule has 1 N–H and O–H groups in total. The SMILES string of the molecule is CC(CNC1CC1)Cn1ccnc1C(C)C. The molecule has 1 aromatic rings. The molecular formula is C13H23N3. The molecule has 3 heteroatoms. The van der Waals surface area contributed by atoms with Crippen LogP contribution in [-0.2, 0) is 6.54 Å². The molecule has 0 aliphatic heterocycles. The van der Waals surface area contributed by atoms with Crippen LogP contribution in [0.2, 0.25) is 0 Å². The molecule has 0 aromatic carbocycles. The van der Waals surface area contributed by atoms with Gasteiger partial charge in [0.2, 0.25) is 0 Å². The maximum atomic E-state index is 4.42. The predicted molar refractivity (Wildman–Crippen MR) is 66.5 cm³/mol. The highest BCUT2D eigenvalue weighted by molar-refractivity contribution is 4.97. The van der Waals surface area contributed by atoms with Crippen LogP contribution in [0.3, 0.4) is 0 Å². The summed E-state index contributed by atoms with van der Waals surface area (Å²) < 4.78 is 2.30. The molecule has 1 fully saturated rings. The van der Waals surface area contributed by atoms with E-state index in [1.807, 2.05) is 6.20 Å². The highest BCUT2D eigenvalue weighted by Crippen LogP contribution is 2.19. The van der Waals surface area contributed by atoms with Crippen molar-refractivity contribution in [2.75, 3.05) is 6.54 Å². The molecule has 0 saturated heterocycles. The molecular weight excluding hydrogens is 198 g/mol. The van der Waals surface area contributed by atoms with Crippen LogP contribution >= 0.6 is 0 Å². The molecule has 1 saturated carbocycles. The summed E-state index contributed by atoms with van der Waals surface area (Å²) in [6, 6.07) is 0.815. The van der Waals surface area contributed by atoms with Crippen LogP contribution in [0.1, 0.15) is 45.4 Å². The molecule has 1 unspecified atom stereocenters. The average Bonchev–Trinajstić information content (AvgIpc) is 2.95. The van der Waals surface area contributed by atoms with Crippen LogP contribution in [0, 0.1) is 5.92 Å². The van der Waals surface area contributed by atoms with Gasteiger partial charge in [-0.3, -0.25) is 0 Å². The fourth-order valence-corrected chi connectivity index (χ4v) is 2.03. The maximum Gasteiger partial charge on any atom is 0.111 e. The molecule has 1 aliphatic rings. The molecule has 3 nitrogen and oxygen atoms in total. The number of imidazole rings is 1. The number of aromatic nitrogens is 2. The van der Waals surface area contributed by atoms with Crippen molar-refractivity contribution < 1.29 is 0 Å². The lowest BCUT2D eigenvalue weighted by Crippen LogP contribution is -2.26. The molecule has 1 aliphatic carbocycles. The Kier molecular flexibility index (Phi) is 3.64. The van der Waals surface area contributed by atoms with Gasteiger partial charge < -0.3 is 9.88 Å². The van der Waals surface area contributed by atoms with Crippen LogP contribution in [0.5, 0.6) is 0 Å². The van der Waals surface area contributed by atoms with Gasteiger partial charge in [-0.15, -0.1) is 0 Å². The van der Waals surface area contributed by atoms with Gasteiger partial charge in [0.05, 0.1) is 0 Å². The molecule has 0 radical (unpaired) electrons. The molecule has 90 valence electrons. The van der Waals surface area contributed by atoms with Crippen molar-refractivity contribution in [1.29, 1.82) is 0 Å². The summed E-state index contributed by atoms with van der Waals surface area (Å²) in [5.41, 5.74) is 0. The van der Waals surface area contributed by atoms with Crippen LogP contribution in [-0.4, -0.2) is 22.1 Å². The number of nitrogens with zero attached hydrogens (tertiary/aromatic N) is 2. The Hall–Kier alpha value is -0.830. The first-order valence-electron chi connectivity index (χ1n) is 6.41. The summed E-state index contributed by atoms with van der Waals surface area (Å²) in [4.78, 5) is 4.42. The fraction of sp³-hybridized carbons (Fsp3) is 0.769. The lowest BCUT2D eigenvalue weighted by Gasteiger charge is -2.16. The highest BCUT2D eigenvalue weighted by atomic mass is 15.1. The van der Waals surface area contributed by atoms with Gasteiger partial charge >= 0.3 is 0 Å². The average molecular weight is 221 g/mol. The third-order valence-electron chi connectivity index (χ3n) is 3.10. The van der Waals surface area contributed by atoms with Gasteiger partial charge in [-0.2, -0.15) is 0 Å². The second-order valence-electron chi connectivity index (χ2n) is 5.38. The first kappa shape index (κ1) is 11.6. The minimum atomic E-state index is 0.513. The Morgan fingerprint density at radius 3 is 2.81 bits per heavy atom. The van der Waals surface area contributed by atoms with Crippen molar-refractivity contribution in [3.63, 3.8) is 0 Å². The Bertz CT molecular complexity index is 326. The van der Waals surface area contributed by atoms with Gasteiger partial charge in [0.25, 0.3) is 0 Å². The number of nitrogens with one attached hydrogen (secondary N) is 1. The van der Waals surface area contributed by atoms with E-state index >= 15 is 0 Å². The predicted octanol–water partition coefficient (Wildman–Crippen LogP) is 2.39. The van der Waals surface area contributed by atoms with E-state index in [9.17, 15) is 0 Å². The van der Waals surface area contributed by atoms with Gasteiger partial charge in [0.15, 0.2) is 0 Å². The first-order valence-corrected chi connectivity index (χ1v) is 6.41. The Labute approximate surface area is 98.3 Å². The van der Waals surface area contributed by atoms with Crippen molar-refractivity contribution in [1.82, 2.24) is 14.9 Å². The topological polar surface area (TPSA) is 29.9 Å². The van der Waals surface area contributed by atoms with Crippen molar-refractivity contribution in [3.05, 3.63) is 18.2 Å². The van der Waals surface area contributed by atoms with Gasteiger partial charge in [0, 0.05) is 30.9 Å². The van der Waals surface area contributed by atoms with Crippen LogP contribution in [0.4, 0.5) is 0 Å². The molecule has 1 aromatic heterocycles. The molecule has 1 atom stereocenters. The summed E-state index contributed by atoms with van der Waals surface area (Å²) in [5, 5.41) is 3.58. The molecule has 0 amide bonds. The molecule has 0 spiro atoms. The maximum absolute atomic E-state index is 4.42. The minimum Gasteiger partial charge on any atom is -0.334 e. The van der Waals surface area contributed by atoms with Crippen molar-refractivity contribution in [2.24, 2.45) is 5.92 Å². The van der Waals surface area contributed by atoms with Gasteiger partial charge in [-0.05, 0) is 25.3 Å². The minimum absolute atomic E-state index is 0.513. The summed E-state index contributed by atoms with van der Waals surface area (Å²) >= 11 is 0. The molecule has 1 heterocycles. The lowest BCUT2D eigenvalue weighted by molar-refractivity contribution is 0.432. The molecule has 16 heavy (non-hydrogen) atoms. The van der Waals surface area contributed by atoms with E-state index in [-0.39, 0.29) is 0 Å². The molecule has 0 bridgehead atoms. The fourth-order valence-electron chi connectivity index (χ4n) is 2.03. The normalized spacial score (nSPS) is 18.0. The second-order valence-corrected chi connectivity index (χ2v) is 5.38. The van der Waals surface area contributed by atoms with E-state index in [0.29, 0.717) is 11.8 Å². The third kappa shape index (κ3) is 3.08. The number of rotatable bonds is 6. The van der Waals surface area contributed by atoms with Crippen molar-refractivity contribution >= 4 is 0 Å². The zero-order valence-electron chi connectivity index (χ0n) is 10.6. The summed E-state index contributed by atoms with van der Waals surface area (Å²) in [6.07, 6.45) is 6.75. The second kappa shape index (κ2) is 5.00. The number of hydrogen-bond acceptors (Lipinski definition) is 2.